The normalized spacial score (nSPS) is 22.1. The summed E-state index contributed by atoms with van der Waals surface area (Å²) in [6.45, 7) is 7.29. The number of amides is 2. The van der Waals surface area contributed by atoms with Crippen molar-refractivity contribution in [3.63, 3.8) is 0 Å². The highest BCUT2D eigenvalue weighted by Gasteiger charge is 2.29. The predicted octanol–water partition coefficient (Wildman–Crippen LogP) is 0.749. The van der Waals surface area contributed by atoms with Crippen molar-refractivity contribution >= 4 is 11.8 Å². The molecule has 5 nitrogen and oxygen atoms in total. The summed E-state index contributed by atoms with van der Waals surface area (Å²) in [6.07, 6.45) is 3.69. The Morgan fingerprint density at radius 3 is 2.25 bits per heavy atom. The largest absolute Gasteiger partial charge is 0.353 e. The lowest BCUT2D eigenvalue weighted by Gasteiger charge is -2.35. The Morgan fingerprint density at radius 2 is 1.70 bits per heavy atom. The summed E-state index contributed by atoms with van der Waals surface area (Å²) in [6, 6.07) is 0.238. The molecule has 0 aromatic carbocycles. The van der Waals surface area contributed by atoms with E-state index in [0.717, 1.165) is 51.9 Å². The Bertz CT molecular complexity index is 343. The van der Waals surface area contributed by atoms with E-state index < -0.39 is 0 Å². The molecular weight excluding hydrogens is 254 g/mol. The number of hydrogen-bond acceptors (Lipinski definition) is 3. The van der Waals surface area contributed by atoms with Crippen LogP contribution in [0.5, 0.6) is 0 Å². The molecule has 0 unspecified atom stereocenters. The van der Waals surface area contributed by atoms with Gasteiger partial charge in [-0.1, -0.05) is 13.8 Å². The first kappa shape index (κ1) is 15.3. The van der Waals surface area contributed by atoms with Crippen LogP contribution in [0, 0.1) is 11.8 Å². The van der Waals surface area contributed by atoms with Crippen LogP contribution < -0.4 is 10.6 Å². The fraction of sp³-hybridized carbons (Fsp3) is 0.867. The van der Waals surface area contributed by atoms with Crippen LogP contribution in [0.2, 0.25) is 0 Å². The van der Waals surface area contributed by atoms with E-state index in [4.69, 9.17) is 0 Å². The lowest BCUT2D eigenvalue weighted by atomic mass is 9.95. The van der Waals surface area contributed by atoms with Gasteiger partial charge in [-0.3, -0.25) is 9.59 Å². The second-order valence-electron chi connectivity index (χ2n) is 6.29. The molecule has 0 aromatic heterocycles. The Balaban J connectivity index is 1.76. The van der Waals surface area contributed by atoms with E-state index in [-0.39, 0.29) is 23.8 Å². The number of carbonyl (C=O) groups excluding carboxylic acids is 2. The number of piperidine rings is 2. The molecule has 0 radical (unpaired) electrons. The van der Waals surface area contributed by atoms with E-state index in [0.29, 0.717) is 5.91 Å². The standard InChI is InChI=1S/C15H27N3O2/c1-11(2)14(19)17-13-5-9-18(10-6-13)15(20)12-3-7-16-8-4-12/h11-13,16H,3-10H2,1-2H3,(H,17,19). The van der Waals surface area contributed by atoms with E-state index in [1.165, 1.54) is 0 Å². The molecule has 2 heterocycles. The van der Waals surface area contributed by atoms with Gasteiger partial charge in [-0.15, -0.1) is 0 Å². The highest BCUT2D eigenvalue weighted by atomic mass is 16.2. The minimum absolute atomic E-state index is 0.0319. The van der Waals surface area contributed by atoms with Gasteiger partial charge in [0, 0.05) is 31.0 Å². The molecule has 0 atom stereocenters. The van der Waals surface area contributed by atoms with Gasteiger partial charge in [0.25, 0.3) is 0 Å². The fourth-order valence-electron chi connectivity index (χ4n) is 2.94. The monoisotopic (exact) mass is 281 g/mol. The van der Waals surface area contributed by atoms with Gasteiger partial charge in [0.1, 0.15) is 0 Å². The average molecular weight is 281 g/mol. The second-order valence-corrected chi connectivity index (χ2v) is 6.29. The molecule has 0 aliphatic carbocycles. The van der Waals surface area contributed by atoms with E-state index in [1.54, 1.807) is 0 Å². The topological polar surface area (TPSA) is 61.4 Å². The summed E-state index contributed by atoms with van der Waals surface area (Å²) in [5.41, 5.74) is 0. The first-order valence-corrected chi connectivity index (χ1v) is 7.88. The number of carbonyl (C=O) groups is 2. The third kappa shape index (κ3) is 3.95. The van der Waals surface area contributed by atoms with Crippen molar-refractivity contribution in [3.8, 4) is 0 Å². The van der Waals surface area contributed by atoms with Gasteiger partial charge in [-0.25, -0.2) is 0 Å². The fourth-order valence-corrected chi connectivity index (χ4v) is 2.94. The molecule has 2 aliphatic heterocycles. The predicted molar refractivity (Wildman–Crippen MR) is 78.2 cm³/mol. The van der Waals surface area contributed by atoms with Gasteiger partial charge in [0.2, 0.25) is 11.8 Å². The third-order valence-electron chi connectivity index (χ3n) is 4.37. The molecule has 0 saturated carbocycles. The van der Waals surface area contributed by atoms with Gasteiger partial charge in [-0.05, 0) is 38.8 Å². The van der Waals surface area contributed by atoms with Crippen molar-refractivity contribution in [2.45, 2.75) is 45.6 Å². The van der Waals surface area contributed by atoms with Crippen molar-refractivity contribution in [1.82, 2.24) is 15.5 Å². The van der Waals surface area contributed by atoms with Crippen molar-refractivity contribution in [2.24, 2.45) is 11.8 Å². The zero-order valence-electron chi connectivity index (χ0n) is 12.7. The molecule has 2 fully saturated rings. The number of likely N-dealkylation sites (tertiary alicyclic amines) is 1. The van der Waals surface area contributed by atoms with Crippen LogP contribution in [0.15, 0.2) is 0 Å². The number of hydrogen-bond donors (Lipinski definition) is 2. The van der Waals surface area contributed by atoms with Crippen LogP contribution in [0.4, 0.5) is 0 Å². The Labute approximate surface area is 121 Å². The van der Waals surface area contributed by atoms with Crippen LogP contribution in [-0.2, 0) is 9.59 Å². The molecule has 0 spiro atoms. The van der Waals surface area contributed by atoms with Crippen molar-refractivity contribution in [1.29, 1.82) is 0 Å². The van der Waals surface area contributed by atoms with Crippen molar-refractivity contribution in [3.05, 3.63) is 0 Å². The van der Waals surface area contributed by atoms with Crippen molar-refractivity contribution in [2.75, 3.05) is 26.2 Å². The Kier molecular flexibility index (Phi) is 5.40. The first-order chi connectivity index (χ1) is 9.58. The molecule has 2 N–H and O–H groups in total. The van der Waals surface area contributed by atoms with Crippen LogP contribution in [0.25, 0.3) is 0 Å². The molecule has 0 bridgehead atoms. The van der Waals surface area contributed by atoms with Crippen LogP contribution >= 0.6 is 0 Å². The van der Waals surface area contributed by atoms with Crippen LogP contribution in [0.3, 0.4) is 0 Å². The number of nitrogens with zero attached hydrogens (tertiary/aromatic N) is 1. The SMILES string of the molecule is CC(C)C(=O)NC1CCN(C(=O)C2CCNCC2)CC1. The van der Waals surface area contributed by atoms with E-state index >= 15 is 0 Å². The van der Waals surface area contributed by atoms with Gasteiger partial charge >= 0.3 is 0 Å². The number of nitrogens with one attached hydrogen (secondary N) is 2. The molecule has 2 rings (SSSR count). The lowest BCUT2D eigenvalue weighted by Crippen LogP contribution is -2.49. The van der Waals surface area contributed by atoms with E-state index in [9.17, 15) is 9.59 Å². The first-order valence-electron chi connectivity index (χ1n) is 7.88. The molecule has 20 heavy (non-hydrogen) atoms. The third-order valence-corrected chi connectivity index (χ3v) is 4.37. The summed E-state index contributed by atoms with van der Waals surface area (Å²) in [4.78, 5) is 26.1. The second kappa shape index (κ2) is 7.07. The van der Waals surface area contributed by atoms with Crippen molar-refractivity contribution < 1.29 is 9.59 Å². The molecule has 5 heteroatoms. The smallest absolute Gasteiger partial charge is 0.225 e. The van der Waals surface area contributed by atoms with Crippen LogP contribution in [-0.4, -0.2) is 48.9 Å². The maximum Gasteiger partial charge on any atom is 0.225 e. The highest BCUT2D eigenvalue weighted by molar-refractivity contribution is 5.79. The summed E-state index contributed by atoms with van der Waals surface area (Å²) in [7, 11) is 0. The van der Waals surface area contributed by atoms with E-state index in [2.05, 4.69) is 10.6 Å². The maximum atomic E-state index is 12.4. The minimum atomic E-state index is 0.0319. The summed E-state index contributed by atoms with van der Waals surface area (Å²) < 4.78 is 0. The summed E-state index contributed by atoms with van der Waals surface area (Å²) in [5.74, 6) is 0.677. The highest BCUT2D eigenvalue weighted by Crippen LogP contribution is 2.19. The number of rotatable bonds is 3. The molecular formula is C15H27N3O2. The zero-order valence-corrected chi connectivity index (χ0v) is 12.7. The lowest BCUT2D eigenvalue weighted by molar-refractivity contribution is -0.137. The quantitative estimate of drug-likeness (QED) is 0.802. The Hall–Kier alpha value is -1.10. The summed E-state index contributed by atoms with van der Waals surface area (Å²) in [5, 5.41) is 6.36. The minimum Gasteiger partial charge on any atom is -0.353 e. The van der Waals surface area contributed by atoms with Gasteiger partial charge < -0.3 is 15.5 Å². The molecule has 114 valence electrons. The van der Waals surface area contributed by atoms with E-state index in [1.807, 2.05) is 18.7 Å². The van der Waals surface area contributed by atoms with Gasteiger partial charge in [0.05, 0.1) is 0 Å². The molecule has 0 aromatic rings. The van der Waals surface area contributed by atoms with Gasteiger partial charge in [-0.2, -0.15) is 0 Å². The van der Waals surface area contributed by atoms with Crippen LogP contribution in [0.1, 0.15) is 39.5 Å². The summed E-state index contributed by atoms with van der Waals surface area (Å²) >= 11 is 0. The zero-order chi connectivity index (χ0) is 14.5. The van der Waals surface area contributed by atoms with Gasteiger partial charge in [0.15, 0.2) is 0 Å². The molecule has 2 aliphatic rings. The maximum absolute atomic E-state index is 12.4. The Morgan fingerprint density at radius 1 is 1.10 bits per heavy atom. The molecule has 2 amide bonds. The molecule has 2 saturated heterocycles. The average Bonchev–Trinajstić information content (AvgIpc) is 2.48.